The maximum atomic E-state index is 12.6. The van der Waals surface area contributed by atoms with Crippen molar-refractivity contribution in [2.24, 2.45) is 0 Å². The van der Waals surface area contributed by atoms with Gasteiger partial charge in [0.25, 0.3) is 0 Å². The van der Waals surface area contributed by atoms with Crippen molar-refractivity contribution in [3.8, 4) is 0 Å². The predicted molar refractivity (Wildman–Crippen MR) is 90.3 cm³/mol. The Labute approximate surface area is 145 Å². The zero-order valence-corrected chi connectivity index (χ0v) is 14.4. The van der Waals surface area contributed by atoms with Crippen LogP contribution in [0, 0.1) is 0 Å². The minimum atomic E-state index is -3.56. The van der Waals surface area contributed by atoms with Crippen LogP contribution in [0.2, 0.25) is 5.02 Å². The summed E-state index contributed by atoms with van der Waals surface area (Å²) >= 11 is 6.09. The average Bonchev–Trinajstić information content (AvgIpc) is 3.22. The predicted octanol–water partition coefficient (Wildman–Crippen LogP) is 1.96. The Morgan fingerprint density at radius 2 is 2.04 bits per heavy atom. The normalized spacial score (nSPS) is 15.5. The number of hydrogen-bond acceptors (Lipinski definition) is 4. The van der Waals surface area contributed by atoms with Crippen molar-refractivity contribution in [3.05, 3.63) is 41.9 Å². The van der Waals surface area contributed by atoms with Crippen LogP contribution in [-0.2, 0) is 21.4 Å². The molecule has 7 nitrogen and oxygen atoms in total. The molecule has 0 spiro atoms. The molecule has 128 valence electrons. The zero-order valence-electron chi connectivity index (χ0n) is 12.9. The molecule has 1 aromatic carbocycles. The van der Waals surface area contributed by atoms with Crippen LogP contribution in [0.4, 0.5) is 5.69 Å². The molecule has 9 heteroatoms. The van der Waals surface area contributed by atoms with Crippen LogP contribution in [0.1, 0.15) is 12.8 Å². The van der Waals surface area contributed by atoms with E-state index in [9.17, 15) is 13.2 Å². The maximum Gasteiger partial charge on any atom is 0.244 e. The number of rotatable bonds is 5. The first-order valence-electron chi connectivity index (χ1n) is 7.52. The van der Waals surface area contributed by atoms with Gasteiger partial charge in [0.2, 0.25) is 15.9 Å². The van der Waals surface area contributed by atoms with Gasteiger partial charge in [-0.1, -0.05) is 11.6 Å². The number of nitrogens with zero attached hydrogens (tertiary/aromatic N) is 3. The van der Waals surface area contributed by atoms with Crippen LogP contribution in [0.15, 0.2) is 41.8 Å². The van der Waals surface area contributed by atoms with Gasteiger partial charge in [-0.05, 0) is 31.0 Å². The highest BCUT2D eigenvalue weighted by Crippen LogP contribution is 2.28. The molecule has 1 saturated heterocycles. The maximum absolute atomic E-state index is 12.6. The second-order valence-corrected chi connectivity index (χ2v) is 7.88. The Morgan fingerprint density at radius 1 is 1.29 bits per heavy atom. The molecule has 0 atom stereocenters. The highest BCUT2D eigenvalue weighted by Gasteiger charge is 2.27. The minimum absolute atomic E-state index is 0.0689. The molecule has 24 heavy (non-hydrogen) atoms. The van der Waals surface area contributed by atoms with Crippen molar-refractivity contribution < 1.29 is 13.2 Å². The first-order valence-corrected chi connectivity index (χ1v) is 9.34. The summed E-state index contributed by atoms with van der Waals surface area (Å²) < 4.78 is 28.3. The quantitative estimate of drug-likeness (QED) is 0.874. The average molecular weight is 369 g/mol. The van der Waals surface area contributed by atoms with Crippen molar-refractivity contribution in [2.75, 3.05) is 18.4 Å². The molecule has 0 radical (unpaired) electrons. The molecular formula is C15H17ClN4O3S. The van der Waals surface area contributed by atoms with Gasteiger partial charge in [-0.3, -0.25) is 4.79 Å². The standard InChI is InChI=1S/C15H17ClN4O3S/c16-13-4-3-12(24(22,23)20-6-1-2-7-20)9-14(13)18-15(21)10-19-8-5-17-11-19/h3-5,8-9,11H,1-2,6-7,10H2,(H,18,21). The lowest BCUT2D eigenvalue weighted by Gasteiger charge is -2.16. The summed E-state index contributed by atoms with van der Waals surface area (Å²) in [5.41, 5.74) is 0.280. The van der Waals surface area contributed by atoms with Crippen LogP contribution in [-0.4, -0.2) is 41.3 Å². The van der Waals surface area contributed by atoms with Gasteiger partial charge in [0.15, 0.2) is 0 Å². The van der Waals surface area contributed by atoms with Gasteiger partial charge in [0.1, 0.15) is 6.54 Å². The molecule has 1 aliphatic rings. The molecule has 0 aliphatic carbocycles. The summed E-state index contributed by atoms with van der Waals surface area (Å²) in [6.45, 7) is 1.11. The van der Waals surface area contributed by atoms with E-state index in [-0.39, 0.29) is 28.1 Å². The van der Waals surface area contributed by atoms with E-state index in [1.807, 2.05) is 0 Å². The van der Waals surface area contributed by atoms with Crippen molar-refractivity contribution in [1.82, 2.24) is 13.9 Å². The number of carbonyl (C=O) groups is 1. The number of hydrogen-bond donors (Lipinski definition) is 1. The van der Waals surface area contributed by atoms with Gasteiger partial charge in [-0.25, -0.2) is 13.4 Å². The number of amides is 1. The zero-order chi connectivity index (χ0) is 17.2. The second kappa shape index (κ2) is 6.92. The van der Waals surface area contributed by atoms with Gasteiger partial charge in [0.05, 0.1) is 21.9 Å². The topological polar surface area (TPSA) is 84.3 Å². The lowest BCUT2D eigenvalue weighted by atomic mass is 10.3. The molecule has 1 N–H and O–H groups in total. The van der Waals surface area contributed by atoms with Crippen LogP contribution in [0.3, 0.4) is 0 Å². The number of halogens is 1. The van der Waals surface area contributed by atoms with Gasteiger partial charge in [-0.2, -0.15) is 4.31 Å². The number of imidazole rings is 1. The number of benzene rings is 1. The van der Waals surface area contributed by atoms with Gasteiger partial charge in [0, 0.05) is 25.5 Å². The lowest BCUT2D eigenvalue weighted by Crippen LogP contribution is -2.28. The van der Waals surface area contributed by atoms with Crippen molar-refractivity contribution in [3.63, 3.8) is 0 Å². The molecule has 2 heterocycles. The van der Waals surface area contributed by atoms with E-state index in [1.54, 1.807) is 17.0 Å². The highest BCUT2D eigenvalue weighted by molar-refractivity contribution is 7.89. The van der Waals surface area contributed by atoms with Gasteiger partial charge in [-0.15, -0.1) is 0 Å². The van der Waals surface area contributed by atoms with E-state index in [2.05, 4.69) is 10.3 Å². The largest absolute Gasteiger partial charge is 0.328 e. The monoisotopic (exact) mass is 368 g/mol. The number of carbonyl (C=O) groups excluding carboxylic acids is 1. The fraction of sp³-hybridized carbons (Fsp3) is 0.333. The Kier molecular flexibility index (Phi) is 4.88. The third-order valence-electron chi connectivity index (χ3n) is 3.80. The molecule has 1 fully saturated rings. The summed E-state index contributed by atoms with van der Waals surface area (Å²) in [5, 5.41) is 2.94. The first-order chi connectivity index (χ1) is 11.5. The smallest absolute Gasteiger partial charge is 0.244 e. The van der Waals surface area contributed by atoms with Crippen LogP contribution < -0.4 is 5.32 Å². The molecule has 0 saturated carbocycles. The third-order valence-corrected chi connectivity index (χ3v) is 6.02. The SMILES string of the molecule is O=C(Cn1ccnc1)Nc1cc(S(=O)(=O)N2CCCC2)ccc1Cl. The Bertz CT molecular complexity index is 830. The lowest BCUT2D eigenvalue weighted by molar-refractivity contribution is -0.116. The highest BCUT2D eigenvalue weighted by atomic mass is 35.5. The number of sulfonamides is 1. The summed E-state index contributed by atoms with van der Waals surface area (Å²) in [6, 6.07) is 4.35. The number of anilines is 1. The summed E-state index contributed by atoms with van der Waals surface area (Å²) in [4.78, 5) is 16.1. The number of aromatic nitrogens is 2. The summed E-state index contributed by atoms with van der Waals surface area (Å²) in [6.07, 6.45) is 6.48. The summed E-state index contributed by atoms with van der Waals surface area (Å²) in [5.74, 6) is -0.314. The molecule has 2 aromatic rings. The van der Waals surface area contributed by atoms with Crippen LogP contribution in [0.5, 0.6) is 0 Å². The van der Waals surface area contributed by atoms with Crippen LogP contribution in [0.25, 0.3) is 0 Å². The fourth-order valence-corrected chi connectivity index (χ4v) is 4.28. The molecule has 0 bridgehead atoms. The fourth-order valence-electron chi connectivity index (χ4n) is 2.57. The molecule has 1 aliphatic heterocycles. The Balaban J connectivity index is 1.80. The van der Waals surface area contributed by atoms with Crippen LogP contribution >= 0.6 is 11.6 Å². The molecule has 3 rings (SSSR count). The Hall–Kier alpha value is -1.90. The number of nitrogens with one attached hydrogen (secondary N) is 1. The van der Waals surface area contributed by atoms with Crippen molar-refractivity contribution in [1.29, 1.82) is 0 Å². The Morgan fingerprint density at radius 3 is 2.71 bits per heavy atom. The van der Waals surface area contributed by atoms with E-state index in [4.69, 9.17) is 11.6 Å². The van der Waals surface area contributed by atoms with E-state index in [1.165, 1.54) is 28.8 Å². The molecule has 1 aromatic heterocycles. The van der Waals surface area contributed by atoms with Gasteiger partial charge >= 0.3 is 0 Å². The van der Waals surface area contributed by atoms with E-state index in [0.29, 0.717) is 13.1 Å². The molecular weight excluding hydrogens is 352 g/mol. The minimum Gasteiger partial charge on any atom is -0.328 e. The second-order valence-electron chi connectivity index (χ2n) is 5.54. The van der Waals surface area contributed by atoms with E-state index in [0.717, 1.165) is 12.8 Å². The van der Waals surface area contributed by atoms with E-state index >= 15 is 0 Å². The first kappa shape index (κ1) is 16.9. The van der Waals surface area contributed by atoms with E-state index < -0.39 is 10.0 Å². The summed E-state index contributed by atoms with van der Waals surface area (Å²) in [7, 11) is -3.56. The van der Waals surface area contributed by atoms with Crippen molar-refractivity contribution in [2.45, 2.75) is 24.3 Å². The molecule has 0 unspecified atom stereocenters. The van der Waals surface area contributed by atoms with Gasteiger partial charge < -0.3 is 9.88 Å². The van der Waals surface area contributed by atoms with Crippen molar-refractivity contribution >= 4 is 33.2 Å². The third kappa shape index (κ3) is 3.61. The molecule has 1 amide bonds.